The summed E-state index contributed by atoms with van der Waals surface area (Å²) < 4.78 is 6.70. The standard InChI is InChI=1S/C22H20N2O5/c1-3-12-13-7-11-9-24-17(19(11)23-16(13)5-6-18(12)25)8-15-14(20(24)26)10-29-21(27)22(15,28)4-2/h5-8,25,28H,3-4,9-10H2,1-2H3. The number of aromatic nitrogens is 2. The Kier molecular flexibility index (Phi) is 3.64. The van der Waals surface area contributed by atoms with Gasteiger partial charge in [0.1, 0.15) is 12.4 Å². The molecule has 5 rings (SSSR count). The van der Waals surface area contributed by atoms with E-state index in [-0.39, 0.29) is 24.3 Å². The van der Waals surface area contributed by atoms with E-state index in [1.54, 1.807) is 29.7 Å². The number of rotatable bonds is 2. The third-order valence-electron chi connectivity index (χ3n) is 6.13. The molecule has 0 fully saturated rings. The first-order chi connectivity index (χ1) is 13.9. The highest BCUT2D eigenvalue weighted by atomic mass is 16.6. The first-order valence-corrected chi connectivity index (χ1v) is 9.70. The van der Waals surface area contributed by atoms with Gasteiger partial charge in [-0.05, 0) is 37.1 Å². The van der Waals surface area contributed by atoms with Crippen molar-refractivity contribution < 1.29 is 19.7 Å². The SMILES string of the molecule is CCc1c(O)ccc2nc3c(cc12)Cn1c-3cc2c(c1=O)COC(=O)C2(O)CC. The third-order valence-corrected chi connectivity index (χ3v) is 6.13. The van der Waals surface area contributed by atoms with Gasteiger partial charge in [0, 0.05) is 22.1 Å². The summed E-state index contributed by atoms with van der Waals surface area (Å²) in [4.78, 5) is 30.1. The number of phenolic OH excluding ortho intramolecular Hbond substituents is 1. The van der Waals surface area contributed by atoms with Gasteiger partial charge in [-0.3, -0.25) is 4.79 Å². The summed E-state index contributed by atoms with van der Waals surface area (Å²) in [6, 6.07) is 7.05. The molecule has 0 saturated heterocycles. The van der Waals surface area contributed by atoms with Crippen molar-refractivity contribution in [2.24, 2.45) is 0 Å². The van der Waals surface area contributed by atoms with Gasteiger partial charge in [-0.2, -0.15) is 0 Å². The maximum Gasteiger partial charge on any atom is 0.343 e. The van der Waals surface area contributed by atoms with Crippen LogP contribution in [-0.4, -0.2) is 25.7 Å². The van der Waals surface area contributed by atoms with E-state index < -0.39 is 11.6 Å². The monoisotopic (exact) mass is 392 g/mol. The highest BCUT2D eigenvalue weighted by molar-refractivity contribution is 5.89. The van der Waals surface area contributed by atoms with E-state index in [1.807, 2.05) is 13.0 Å². The molecule has 4 heterocycles. The number of pyridine rings is 2. The van der Waals surface area contributed by atoms with Gasteiger partial charge in [-0.25, -0.2) is 9.78 Å². The highest BCUT2D eigenvalue weighted by Gasteiger charge is 2.45. The molecule has 2 aliphatic rings. The molecule has 0 saturated carbocycles. The number of carbonyl (C=O) groups is 1. The maximum atomic E-state index is 13.1. The first kappa shape index (κ1) is 17.9. The van der Waals surface area contributed by atoms with Crippen LogP contribution in [0.5, 0.6) is 5.75 Å². The van der Waals surface area contributed by atoms with Crippen LogP contribution in [0.3, 0.4) is 0 Å². The summed E-state index contributed by atoms with van der Waals surface area (Å²) in [6.45, 7) is 3.85. The van der Waals surface area contributed by atoms with Crippen molar-refractivity contribution in [2.45, 2.75) is 45.4 Å². The molecule has 0 radical (unpaired) electrons. The zero-order valence-corrected chi connectivity index (χ0v) is 16.2. The highest BCUT2D eigenvalue weighted by Crippen LogP contribution is 2.39. The van der Waals surface area contributed by atoms with E-state index in [0.29, 0.717) is 35.5 Å². The number of fused-ring (bicyclic) bond motifs is 5. The van der Waals surface area contributed by atoms with Gasteiger partial charge < -0.3 is 19.5 Å². The summed E-state index contributed by atoms with van der Waals surface area (Å²) in [7, 11) is 0. The van der Waals surface area contributed by atoms with Crippen molar-refractivity contribution in [3.63, 3.8) is 0 Å². The molecule has 0 spiro atoms. The molecule has 1 aromatic carbocycles. The molecule has 1 unspecified atom stereocenters. The molecule has 0 bridgehead atoms. The number of nitrogens with zero attached hydrogens (tertiary/aromatic N) is 2. The number of cyclic esters (lactones) is 1. The van der Waals surface area contributed by atoms with E-state index in [9.17, 15) is 19.8 Å². The van der Waals surface area contributed by atoms with Crippen LogP contribution in [0, 0.1) is 0 Å². The Morgan fingerprint density at radius 2 is 2.03 bits per heavy atom. The van der Waals surface area contributed by atoms with Gasteiger partial charge >= 0.3 is 5.97 Å². The van der Waals surface area contributed by atoms with Crippen molar-refractivity contribution >= 4 is 16.9 Å². The van der Waals surface area contributed by atoms with E-state index in [0.717, 1.165) is 22.0 Å². The lowest BCUT2D eigenvalue weighted by Gasteiger charge is -2.31. The van der Waals surface area contributed by atoms with Crippen LogP contribution in [0.15, 0.2) is 29.1 Å². The average Bonchev–Trinajstić information content (AvgIpc) is 3.08. The molecule has 7 heteroatoms. The summed E-state index contributed by atoms with van der Waals surface area (Å²) in [5.74, 6) is -0.502. The minimum atomic E-state index is -1.83. The summed E-state index contributed by atoms with van der Waals surface area (Å²) in [5, 5.41) is 21.9. The Labute approximate surface area is 166 Å². The summed E-state index contributed by atoms with van der Waals surface area (Å²) in [5.41, 5.74) is 2.15. The number of phenols is 1. The van der Waals surface area contributed by atoms with Crippen molar-refractivity contribution in [1.82, 2.24) is 9.55 Å². The van der Waals surface area contributed by atoms with Crippen molar-refractivity contribution in [3.05, 3.63) is 56.9 Å². The second-order valence-corrected chi connectivity index (χ2v) is 7.58. The number of ether oxygens (including phenoxy) is 1. The molecule has 3 aromatic rings. The largest absolute Gasteiger partial charge is 0.508 e. The van der Waals surface area contributed by atoms with Crippen molar-refractivity contribution in [1.29, 1.82) is 0 Å². The minimum Gasteiger partial charge on any atom is -0.508 e. The van der Waals surface area contributed by atoms with Crippen LogP contribution in [0.25, 0.3) is 22.3 Å². The van der Waals surface area contributed by atoms with Crippen LogP contribution in [0.4, 0.5) is 0 Å². The second-order valence-electron chi connectivity index (χ2n) is 7.58. The topological polar surface area (TPSA) is 102 Å². The Bertz CT molecular complexity index is 1280. The molecule has 7 nitrogen and oxygen atoms in total. The minimum absolute atomic E-state index is 0.110. The lowest BCUT2D eigenvalue weighted by Crippen LogP contribution is -2.44. The average molecular weight is 392 g/mol. The maximum absolute atomic E-state index is 13.1. The molecule has 29 heavy (non-hydrogen) atoms. The number of carbonyl (C=O) groups excluding carboxylic acids is 1. The van der Waals surface area contributed by atoms with Crippen LogP contribution in [0.1, 0.15) is 42.5 Å². The molecule has 0 aliphatic carbocycles. The van der Waals surface area contributed by atoms with Gasteiger partial charge in [0.15, 0.2) is 5.60 Å². The fourth-order valence-corrected chi connectivity index (χ4v) is 4.47. The summed E-state index contributed by atoms with van der Waals surface area (Å²) >= 11 is 0. The Morgan fingerprint density at radius 1 is 1.24 bits per heavy atom. The molecule has 2 aliphatic heterocycles. The smallest absolute Gasteiger partial charge is 0.343 e. The third kappa shape index (κ3) is 2.25. The van der Waals surface area contributed by atoms with Gasteiger partial charge in [0.2, 0.25) is 0 Å². The fraction of sp³-hybridized carbons (Fsp3) is 0.318. The van der Waals surface area contributed by atoms with Crippen LogP contribution >= 0.6 is 0 Å². The molecule has 148 valence electrons. The van der Waals surface area contributed by atoms with Gasteiger partial charge in [-0.1, -0.05) is 13.8 Å². The Morgan fingerprint density at radius 3 is 2.76 bits per heavy atom. The van der Waals surface area contributed by atoms with Crippen molar-refractivity contribution in [3.8, 4) is 17.1 Å². The number of hydrogen-bond acceptors (Lipinski definition) is 6. The van der Waals surface area contributed by atoms with Gasteiger partial charge in [-0.15, -0.1) is 0 Å². The number of aliphatic hydroxyl groups is 1. The van der Waals surface area contributed by atoms with E-state index in [2.05, 4.69) is 0 Å². The molecular formula is C22H20N2O5. The Balaban J connectivity index is 1.79. The zero-order chi connectivity index (χ0) is 20.5. The zero-order valence-electron chi connectivity index (χ0n) is 16.2. The second kappa shape index (κ2) is 5.90. The van der Waals surface area contributed by atoms with Crippen LogP contribution in [0.2, 0.25) is 0 Å². The normalized spacial score (nSPS) is 19.6. The molecule has 2 aromatic heterocycles. The molecule has 1 atom stereocenters. The van der Waals surface area contributed by atoms with E-state index in [4.69, 9.17) is 9.72 Å². The van der Waals surface area contributed by atoms with E-state index in [1.165, 1.54) is 0 Å². The van der Waals surface area contributed by atoms with Crippen LogP contribution in [-0.2, 0) is 34.7 Å². The lowest BCUT2D eigenvalue weighted by atomic mass is 9.86. The first-order valence-electron chi connectivity index (χ1n) is 9.70. The Hall–Kier alpha value is -3.19. The van der Waals surface area contributed by atoms with E-state index >= 15 is 0 Å². The molecular weight excluding hydrogens is 372 g/mol. The van der Waals surface area contributed by atoms with Gasteiger partial charge in [0.25, 0.3) is 5.56 Å². The number of aryl methyl sites for hydroxylation is 1. The predicted molar refractivity (Wildman–Crippen MR) is 106 cm³/mol. The van der Waals surface area contributed by atoms with Gasteiger partial charge in [0.05, 0.1) is 29.0 Å². The summed E-state index contributed by atoms with van der Waals surface area (Å²) in [6.07, 6.45) is 0.771. The predicted octanol–water partition coefficient (Wildman–Crippen LogP) is 2.35. The number of esters is 1. The van der Waals surface area contributed by atoms with Crippen molar-refractivity contribution in [2.75, 3.05) is 0 Å². The quantitative estimate of drug-likeness (QED) is 0.508. The lowest BCUT2D eigenvalue weighted by molar-refractivity contribution is -0.172. The number of hydrogen-bond donors (Lipinski definition) is 2. The number of aromatic hydroxyl groups is 1. The number of benzene rings is 1. The molecule has 2 N–H and O–H groups in total. The molecule has 0 amide bonds. The fourth-order valence-electron chi connectivity index (χ4n) is 4.47. The van der Waals surface area contributed by atoms with Crippen LogP contribution < -0.4 is 5.56 Å².